The molecule has 1 aromatic heterocycles. The van der Waals surface area contributed by atoms with Crippen LogP contribution in [0.25, 0.3) is 0 Å². The summed E-state index contributed by atoms with van der Waals surface area (Å²) < 4.78 is 26.4. The number of thiophene rings is 1. The second kappa shape index (κ2) is 8.97. The minimum atomic E-state index is -3.41. The molecule has 0 unspecified atom stereocenters. The lowest BCUT2D eigenvalue weighted by atomic mass is 10.1. The number of hydrogen-bond acceptors (Lipinski definition) is 4. The Kier molecular flexibility index (Phi) is 7.25. The zero-order valence-corrected chi connectivity index (χ0v) is 16.2. The van der Waals surface area contributed by atoms with Gasteiger partial charge in [0.1, 0.15) is 4.21 Å². The first-order valence-corrected chi connectivity index (χ1v) is 11.0. The van der Waals surface area contributed by atoms with Gasteiger partial charge in [0.15, 0.2) is 0 Å². The van der Waals surface area contributed by atoms with Crippen molar-refractivity contribution < 1.29 is 13.2 Å². The summed E-state index contributed by atoms with van der Waals surface area (Å²) in [6, 6.07) is 3.70. The maximum Gasteiger partial charge on any atom is 0.252 e. The van der Waals surface area contributed by atoms with Crippen LogP contribution in [-0.2, 0) is 14.8 Å². The van der Waals surface area contributed by atoms with Gasteiger partial charge in [-0.15, -0.1) is 11.3 Å². The van der Waals surface area contributed by atoms with Crippen LogP contribution in [0, 0.1) is 0 Å². The number of hydrogen-bond donors (Lipinski definition) is 0. The van der Waals surface area contributed by atoms with E-state index in [4.69, 9.17) is 0 Å². The van der Waals surface area contributed by atoms with Crippen LogP contribution in [0.5, 0.6) is 0 Å². The lowest BCUT2D eigenvalue weighted by Crippen LogP contribution is -2.37. The van der Waals surface area contributed by atoms with Crippen LogP contribution in [0.3, 0.4) is 0 Å². The zero-order valence-electron chi connectivity index (χ0n) is 14.6. The standard InChI is InChI=1S/C17H28N2O3S2/c1-18(24(21,22)17-12-8-14-23-17)13-7-11-16(20)19(2)15-9-5-3-4-6-10-15/h8,12,14-15H,3-7,9-11,13H2,1-2H3. The third kappa shape index (κ3) is 5.04. The van der Waals surface area contributed by atoms with E-state index in [1.807, 2.05) is 11.9 Å². The fourth-order valence-corrected chi connectivity index (χ4v) is 5.57. The Morgan fingerprint density at radius 3 is 2.46 bits per heavy atom. The van der Waals surface area contributed by atoms with Gasteiger partial charge in [0.05, 0.1) is 0 Å². The van der Waals surface area contributed by atoms with Crippen LogP contribution in [-0.4, -0.2) is 50.2 Å². The van der Waals surface area contributed by atoms with Gasteiger partial charge in [-0.3, -0.25) is 4.79 Å². The van der Waals surface area contributed by atoms with Crippen molar-refractivity contribution >= 4 is 27.3 Å². The van der Waals surface area contributed by atoms with Crippen molar-refractivity contribution in [2.75, 3.05) is 20.6 Å². The molecule has 0 atom stereocenters. The van der Waals surface area contributed by atoms with Crippen molar-refractivity contribution in [3.63, 3.8) is 0 Å². The first-order valence-electron chi connectivity index (χ1n) is 8.68. The highest BCUT2D eigenvalue weighted by molar-refractivity contribution is 7.91. The summed E-state index contributed by atoms with van der Waals surface area (Å²) in [5.41, 5.74) is 0. The molecule has 1 aromatic rings. The topological polar surface area (TPSA) is 57.7 Å². The summed E-state index contributed by atoms with van der Waals surface area (Å²) in [5, 5.41) is 1.76. The zero-order chi connectivity index (χ0) is 17.6. The Morgan fingerprint density at radius 2 is 1.88 bits per heavy atom. The van der Waals surface area contributed by atoms with Crippen molar-refractivity contribution in [3.05, 3.63) is 17.5 Å². The van der Waals surface area contributed by atoms with E-state index in [1.165, 1.54) is 41.3 Å². The molecule has 0 aromatic carbocycles. The molecule has 1 fully saturated rings. The summed E-state index contributed by atoms with van der Waals surface area (Å²) in [4.78, 5) is 14.3. The summed E-state index contributed by atoms with van der Waals surface area (Å²) in [6.45, 7) is 0.366. The fraction of sp³-hybridized carbons (Fsp3) is 0.706. The highest BCUT2D eigenvalue weighted by Crippen LogP contribution is 2.22. The van der Waals surface area contributed by atoms with E-state index >= 15 is 0 Å². The van der Waals surface area contributed by atoms with Crippen LogP contribution in [0.1, 0.15) is 51.4 Å². The van der Waals surface area contributed by atoms with E-state index in [-0.39, 0.29) is 5.91 Å². The highest BCUT2D eigenvalue weighted by atomic mass is 32.2. The smallest absolute Gasteiger partial charge is 0.252 e. The average molecular weight is 373 g/mol. The molecular weight excluding hydrogens is 344 g/mol. The molecule has 24 heavy (non-hydrogen) atoms. The minimum absolute atomic E-state index is 0.129. The molecule has 0 aliphatic heterocycles. The predicted molar refractivity (Wildman–Crippen MR) is 97.6 cm³/mol. The van der Waals surface area contributed by atoms with Gasteiger partial charge < -0.3 is 4.90 Å². The van der Waals surface area contributed by atoms with Crippen LogP contribution in [0.4, 0.5) is 0 Å². The van der Waals surface area contributed by atoms with Gasteiger partial charge in [0, 0.05) is 33.1 Å². The Hall–Kier alpha value is -0.920. The van der Waals surface area contributed by atoms with Crippen LogP contribution < -0.4 is 0 Å². The molecule has 5 nitrogen and oxygen atoms in total. The second-order valence-corrected chi connectivity index (χ2v) is 9.73. The molecule has 1 heterocycles. The van der Waals surface area contributed by atoms with Crippen LogP contribution in [0.15, 0.2) is 21.7 Å². The van der Waals surface area contributed by atoms with E-state index in [0.29, 0.717) is 29.6 Å². The van der Waals surface area contributed by atoms with E-state index in [1.54, 1.807) is 24.6 Å². The van der Waals surface area contributed by atoms with E-state index in [2.05, 4.69) is 0 Å². The molecule has 0 N–H and O–H groups in total. The molecule has 0 spiro atoms. The quantitative estimate of drug-likeness (QED) is 0.690. The van der Waals surface area contributed by atoms with E-state index in [0.717, 1.165) is 12.8 Å². The highest BCUT2D eigenvalue weighted by Gasteiger charge is 2.23. The van der Waals surface area contributed by atoms with Gasteiger partial charge in [0.2, 0.25) is 5.91 Å². The average Bonchev–Trinajstić information content (AvgIpc) is 2.98. The van der Waals surface area contributed by atoms with Crippen LogP contribution in [0.2, 0.25) is 0 Å². The number of nitrogens with zero attached hydrogens (tertiary/aromatic N) is 2. The van der Waals surface area contributed by atoms with Gasteiger partial charge in [0.25, 0.3) is 10.0 Å². The van der Waals surface area contributed by atoms with Crippen molar-refractivity contribution in [1.29, 1.82) is 0 Å². The van der Waals surface area contributed by atoms with Gasteiger partial charge >= 0.3 is 0 Å². The largest absolute Gasteiger partial charge is 0.343 e. The van der Waals surface area contributed by atoms with Gasteiger partial charge in [-0.2, -0.15) is 0 Å². The molecule has 1 aliphatic carbocycles. The van der Waals surface area contributed by atoms with Gasteiger partial charge in [-0.05, 0) is 30.7 Å². The summed E-state index contributed by atoms with van der Waals surface area (Å²) in [5.74, 6) is 0.129. The second-order valence-electron chi connectivity index (χ2n) is 6.51. The summed E-state index contributed by atoms with van der Waals surface area (Å²) >= 11 is 1.22. The Balaban J connectivity index is 1.79. The number of rotatable bonds is 7. The number of amides is 1. The van der Waals surface area contributed by atoms with Gasteiger partial charge in [-0.25, -0.2) is 12.7 Å². The minimum Gasteiger partial charge on any atom is -0.343 e. The number of carbonyl (C=O) groups excluding carboxylic acids is 1. The number of sulfonamides is 1. The third-order valence-electron chi connectivity index (χ3n) is 4.79. The Labute approximate surface area is 149 Å². The fourth-order valence-electron chi connectivity index (χ4n) is 3.16. The number of carbonyl (C=O) groups is 1. The molecule has 1 amide bonds. The third-order valence-corrected chi connectivity index (χ3v) is 8.02. The molecule has 7 heteroatoms. The maximum absolute atomic E-state index is 12.4. The molecule has 0 radical (unpaired) electrons. The van der Waals surface area contributed by atoms with Gasteiger partial charge in [-0.1, -0.05) is 31.7 Å². The van der Waals surface area contributed by atoms with Crippen molar-refractivity contribution in [2.24, 2.45) is 0 Å². The van der Waals surface area contributed by atoms with Crippen LogP contribution >= 0.6 is 11.3 Å². The lowest BCUT2D eigenvalue weighted by molar-refractivity contribution is -0.132. The molecule has 0 saturated heterocycles. The summed E-state index contributed by atoms with van der Waals surface area (Å²) in [7, 11) is 0.0590. The normalized spacial score (nSPS) is 17.0. The monoisotopic (exact) mass is 372 g/mol. The molecule has 1 saturated carbocycles. The maximum atomic E-state index is 12.4. The molecular formula is C17H28N2O3S2. The molecule has 2 rings (SSSR count). The molecule has 0 bridgehead atoms. The van der Waals surface area contributed by atoms with Crippen molar-refractivity contribution in [3.8, 4) is 0 Å². The Morgan fingerprint density at radius 1 is 1.21 bits per heavy atom. The van der Waals surface area contributed by atoms with E-state index in [9.17, 15) is 13.2 Å². The van der Waals surface area contributed by atoms with E-state index < -0.39 is 10.0 Å². The summed E-state index contributed by atoms with van der Waals surface area (Å²) in [6.07, 6.45) is 8.07. The first-order chi connectivity index (χ1) is 11.4. The Bertz CT molecular complexity index is 606. The van der Waals surface area contributed by atoms with Crippen molar-refractivity contribution in [2.45, 2.75) is 61.6 Å². The predicted octanol–water partition coefficient (Wildman–Crippen LogP) is 3.33. The SMILES string of the molecule is CN(C(=O)CCCN(C)S(=O)(=O)c1cccs1)C1CCCCCC1. The lowest BCUT2D eigenvalue weighted by Gasteiger charge is -2.27. The first kappa shape index (κ1) is 19.4. The molecule has 136 valence electrons. The molecule has 1 aliphatic rings. The van der Waals surface area contributed by atoms with Crippen molar-refractivity contribution in [1.82, 2.24) is 9.21 Å².